The van der Waals surface area contributed by atoms with Crippen molar-refractivity contribution in [2.45, 2.75) is 103 Å². The van der Waals surface area contributed by atoms with E-state index < -0.39 is 28.3 Å². The number of carbonyl (C=O) groups excluding carboxylic acids is 1. The molecule has 7 atom stereocenters. The number of allylic oxidation sites excluding steroid dienone is 1. The van der Waals surface area contributed by atoms with Gasteiger partial charge in [0, 0.05) is 35.7 Å². The largest absolute Gasteiger partial charge is 0.497 e. The number of methoxy groups -OCH3 is 1. The van der Waals surface area contributed by atoms with Gasteiger partial charge in [-0.2, -0.15) is 0 Å². The maximum atomic E-state index is 12.4. The summed E-state index contributed by atoms with van der Waals surface area (Å²) in [4.78, 5) is 12.4. The Morgan fingerprint density at radius 2 is 1.89 bits per heavy atom. The summed E-state index contributed by atoms with van der Waals surface area (Å²) >= 11 is 0. The van der Waals surface area contributed by atoms with Crippen molar-refractivity contribution in [3.63, 3.8) is 0 Å². The molecule has 1 aromatic carbocycles. The molecule has 2 N–H and O–H groups in total. The topological polar surface area (TPSA) is 94.5 Å². The zero-order valence-electron chi connectivity index (χ0n) is 23.0. The monoisotopic (exact) mass is 514 g/mol. The lowest BCUT2D eigenvalue weighted by molar-refractivity contribution is -0.340. The molecule has 204 valence electrons. The van der Waals surface area contributed by atoms with E-state index in [0.717, 1.165) is 25.7 Å². The highest BCUT2D eigenvalue weighted by molar-refractivity contribution is 5.67. The van der Waals surface area contributed by atoms with Crippen LogP contribution in [0.5, 0.6) is 5.75 Å². The minimum atomic E-state index is -1.11. The summed E-state index contributed by atoms with van der Waals surface area (Å²) < 4.78 is 23.9. The van der Waals surface area contributed by atoms with Crippen molar-refractivity contribution in [2.24, 2.45) is 16.7 Å². The molecular weight excluding hydrogens is 472 g/mol. The summed E-state index contributed by atoms with van der Waals surface area (Å²) in [5.41, 5.74) is 0.879. The van der Waals surface area contributed by atoms with Gasteiger partial charge in [-0.25, -0.2) is 0 Å². The number of esters is 1. The number of carbonyl (C=O) groups is 1. The van der Waals surface area contributed by atoms with E-state index in [9.17, 15) is 15.0 Å². The molecule has 5 rings (SSSR count). The minimum Gasteiger partial charge on any atom is -0.497 e. The van der Waals surface area contributed by atoms with Crippen LogP contribution in [0.1, 0.15) is 85.0 Å². The summed E-state index contributed by atoms with van der Waals surface area (Å²) in [5, 5.41) is 22.7. The Morgan fingerprint density at radius 1 is 1.19 bits per heavy atom. The lowest BCUT2D eigenvalue weighted by Crippen LogP contribution is -2.74. The summed E-state index contributed by atoms with van der Waals surface area (Å²) in [7, 11) is 1.61. The van der Waals surface area contributed by atoms with Crippen LogP contribution < -0.4 is 4.74 Å². The van der Waals surface area contributed by atoms with Crippen molar-refractivity contribution in [3.8, 4) is 5.75 Å². The number of fused-ring (bicyclic) bond motifs is 4. The summed E-state index contributed by atoms with van der Waals surface area (Å²) in [5.74, 6) is 0.304. The minimum absolute atomic E-state index is 0.0979. The van der Waals surface area contributed by atoms with Gasteiger partial charge in [0.2, 0.25) is 0 Å². The lowest BCUT2D eigenvalue weighted by atomic mass is 9.51. The van der Waals surface area contributed by atoms with E-state index in [2.05, 4.69) is 13.8 Å². The highest BCUT2D eigenvalue weighted by Crippen LogP contribution is 2.67. The fraction of sp³-hybridized carbons (Fsp3) is 0.700. The molecule has 1 saturated heterocycles. The zero-order valence-corrected chi connectivity index (χ0v) is 23.0. The van der Waals surface area contributed by atoms with Gasteiger partial charge in [0.15, 0.2) is 11.9 Å². The molecule has 3 fully saturated rings. The Kier molecular flexibility index (Phi) is 6.54. The Balaban J connectivity index is 1.55. The third kappa shape index (κ3) is 4.05. The number of rotatable bonds is 6. The van der Waals surface area contributed by atoms with E-state index in [1.165, 1.54) is 18.1 Å². The first-order chi connectivity index (χ1) is 17.4. The van der Waals surface area contributed by atoms with Gasteiger partial charge in [-0.15, -0.1) is 0 Å². The number of hydrogen-bond donors (Lipinski definition) is 2. The van der Waals surface area contributed by atoms with Crippen LogP contribution in [0, 0.1) is 16.7 Å². The molecule has 4 aliphatic rings. The number of aliphatic hydroxyl groups is 2. The molecule has 3 aliphatic carbocycles. The Labute approximate surface area is 220 Å². The quantitative estimate of drug-likeness (QED) is 0.318. The fourth-order valence-electron chi connectivity index (χ4n) is 8.05. The second-order valence-electron chi connectivity index (χ2n) is 12.5. The molecule has 7 heteroatoms. The van der Waals surface area contributed by atoms with Crippen molar-refractivity contribution in [1.82, 2.24) is 0 Å². The maximum absolute atomic E-state index is 12.4. The summed E-state index contributed by atoms with van der Waals surface area (Å²) in [6.45, 7) is 10.1. The molecule has 0 aromatic heterocycles. The molecule has 37 heavy (non-hydrogen) atoms. The van der Waals surface area contributed by atoms with Gasteiger partial charge in [-0.1, -0.05) is 30.2 Å². The number of benzene rings is 1. The second kappa shape index (κ2) is 9.08. The fourth-order valence-corrected chi connectivity index (χ4v) is 8.05. The maximum Gasteiger partial charge on any atom is 0.303 e. The first-order valence-corrected chi connectivity index (χ1v) is 13.6. The van der Waals surface area contributed by atoms with Crippen molar-refractivity contribution in [2.75, 3.05) is 13.7 Å². The van der Waals surface area contributed by atoms with E-state index in [0.29, 0.717) is 30.8 Å². The number of ether oxygens (including phenoxy) is 4. The van der Waals surface area contributed by atoms with Crippen molar-refractivity contribution in [1.29, 1.82) is 0 Å². The Bertz CT molecular complexity index is 1070. The van der Waals surface area contributed by atoms with Crippen LogP contribution in [0.25, 0.3) is 0 Å². The van der Waals surface area contributed by atoms with Crippen LogP contribution in [0.4, 0.5) is 0 Å². The highest BCUT2D eigenvalue weighted by Gasteiger charge is 2.71. The van der Waals surface area contributed by atoms with Gasteiger partial charge in [0.1, 0.15) is 11.9 Å². The van der Waals surface area contributed by atoms with Gasteiger partial charge in [-0.05, 0) is 65.0 Å². The van der Waals surface area contributed by atoms with E-state index in [4.69, 9.17) is 18.9 Å². The third-order valence-corrected chi connectivity index (χ3v) is 10.3. The smallest absolute Gasteiger partial charge is 0.303 e. The summed E-state index contributed by atoms with van der Waals surface area (Å²) in [6.07, 6.45) is 3.00. The SMILES string of the molecule is COc1ccc(C(O)O[C@H]2CC3OC[C@@]3(OC(C)=O)C3C[C@]4(C(C)(C)O)CCC(C)=C4CC[C@@]32C)cc1. The average Bonchev–Trinajstić information content (AvgIpc) is 3.08. The molecule has 0 amide bonds. The van der Waals surface area contributed by atoms with Crippen molar-refractivity contribution < 1.29 is 34.0 Å². The van der Waals surface area contributed by atoms with Crippen molar-refractivity contribution >= 4 is 5.97 Å². The van der Waals surface area contributed by atoms with Gasteiger partial charge in [0.05, 0.1) is 25.4 Å². The van der Waals surface area contributed by atoms with E-state index in [1.807, 2.05) is 38.1 Å². The zero-order chi connectivity index (χ0) is 26.8. The lowest BCUT2D eigenvalue weighted by Gasteiger charge is -2.64. The summed E-state index contributed by atoms with van der Waals surface area (Å²) in [6, 6.07) is 7.24. The first-order valence-electron chi connectivity index (χ1n) is 13.6. The van der Waals surface area contributed by atoms with Gasteiger partial charge in [0.25, 0.3) is 0 Å². The molecule has 1 heterocycles. The van der Waals surface area contributed by atoms with Gasteiger partial charge >= 0.3 is 5.97 Å². The van der Waals surface area contributed by atoms with Crippen LogP contribution in [-0.2, 0) is 19.0 Å². The average molecular weight is 515 g/mol. The van der Waals surface area contributed by atoms with Crippen LogP contribution in [0.15, 0.2) is 35.4 Å². The molecular formula is C30H42O7. The molecule has 1 aliphatic heterocycles. The number of aliphatic hydroxyl groups excluding tert-OH is 1. The van der Waals surface area contributed by atoms with E-state index >= 15 is 0 Å². The van der Waals surface area contributed by atoms with Gasteiger partial charge < -0.3 is 29.2 Å². The second-order valence-corrected chi connectivity index (χ2v) is 12.5. The molecule has 7 nitrogen and oxygen atoms in total. The van der Waals surface area contributed by atoms with E-state index in [1.54, 1.807) is 7.11 Å². The first kappa shape index (κ1) is 26.7. The van der Waals surface area contributed by atoms with Crippen LogP contribution in [0.3, 0.4) is 0 Å². The molecule has 0 radical (unpaired) electrons. The van der Waals surface area contributed by atoms with Gasteiger partial charge in [-0.3, -0.25) is 4.79 Å². The molecule has 1 aromatic rings. The van der Waals surface area contributed by atoms with Crippen LogP contribution in [-0.4, -0.2) is 53.3 Å². The molecule has 0 spiro atoms. The molecule has 2 saturated carbocycles. The molecule has 0 bridgehead atoms. The third-order valence-electron chi connectivity index (χ3n) is 10.3. The highest BCUT2D eigenvalue weighted by atomic mass is 16.6. The van der Waals surface area contributed by atoms with E-state index in [-0.39, 0.29) is 24.1 Å². The normalized spacial score (nSPS) is 38.0. The van der Waals surface area contributed by atoms with Crippen LogP contribution >= 0.6 is 0 Å². The predicted octanol–water partition coefficient (Wildman–Crippen LogP) is 4.85. The molecule has 3 unspecified atom stereocenters. The Hall–Kier alpha value is -1.93. The van der Waals surface area contributed by atoms with Crippen molar-refractivity contribution in [3.05, 3.63) is 41.0 Å². The number of hydrogen-bond acceptors (Lipinski definition) is 7. The standard InChI is InChI=1S/C30H42O7/c1-18-11-14-29(27(3,4)33)16-23-28(5,13-12-22(18)29)24(15-25-30(23,17-35-25)37-19(2)31)36-26(32)20-7-9-21(34-6)10-8-20/h7-10,23-26,32-33H,11-17H2,1-6H3/t23?,24-,25?,26?,28-,29+,30+/m0/s1. The van der Waals surface area contributed by atoms with Crippen LogP contribution in [0.2, 0.25) is 0 Å². The predicted molar refractivity (Wildman–Crippen MR) is 138 cm³/mol. The Morgan fingerprint density at radius 3 is 2.46 bits per heavy atom.